The van der Waals surface area contributed by atoms with E-state index < -0.39 is 27.9 Å². The number of sulfonamides is 1. The van der Waals surface area contributed by atoms with Gasteiger partial charge in [-0.15, -0.1) is 0 Å². The molecule has 0 aliphatic heterocycles. The molecule has 7 heteroatoms. The van der Waals surface area contributed by atoms with Crippen LogP contribution in [0.3, 0.4) is 0 Å². The number of hydrogen-bond donors (Lipinski definition) is 1. The predicted octanol–water partition coefficient (Wildman–Crippen LogP) is 2.92. The van der Waals surface area contributed by atoms with Gasteiger partial charge in [-0.2, -0.15) is 4.72 Å². The normalized spacial score (nSPS) is 17.5. The van der Waals surface area contributed by atoms with Crippen LogP contribution >= 0.6 is 0 Å². The number of halogens is 1. The Hall–Kier alpha value is -1.47. The minimum atomic E-state index is -4.01. The molecule has 1 saturated carbocycles. The van der Waals surface area contributed by atoms with Crippen molar-refractivity contribution in [3.8, 4) is 0 Å². The zero-order chi connectivity index (χ0) is 17.7. The summed E-state index contributed by atoms with van der Waals surface area (Å²) in [6.45, 7) is 1.59. The average Bonchev–Trinajstić information content (AvgIpc) is 2.56. The fourth-order valence-corrected chi connectivity index (χ4v) is 4.66. The first-order chi connectivity index (χ1) is 11.3. The third-order valence-electron chi connectivity index (χ3n) is 4.52. The molecular formula is C17H24FNO4S. The Morgan fingerprint density at radius 2 is 2.00 bits per heavy atom. The van der Waals surface area contributed by atoms with Crippen molar-refractivity contribution in [1.82, 2.24) is 4.72 Å². The van der Waals surface area contributed by atoms with E-state index in [-0.39, 0.29) is 4.90 Å². The molecule has 1 aliphatic carbocycles. The standard InChI is InChI=1S/C17H24FNO4S/c1-12-8-9-14(18)11-16(12)24(21,22)19-15(17(20)23-2)10-13-6-4-3-5-7-13/h8-9,11,13,15,19H,3-7,10H2,1-2H3. The van der Waals surface area contributed by atoms with Crippen molar-refractivity contribution < 1.29 is 22.3 Å². The van der Waals surface area contributed by atoms with Gasteiger partial charge in [-0.05, 0) is 37.0 Å². The molecule has 134 valence electrons. The minimum absolute atomic E-state index is 0.153. The Morgan fingerprint density at radius 3 is 2.62 bits per heavy atom. The lowest BCUT2D eigenvalue weighted by Gasteiger charge is -2.25. The molecule has 0 heterocycles. The number of ether oxygens (including phenoxy) is 1. The van der Waals surface area contributed by atoms with Crippen molar-refractivity contribution in [3.05, 3.63) is 29.6 Å². The fraction of sp³-hybridized carbons (Fsp3) is 0.588. The molecule has 1 fully saturated rings. The van der Waals surface area contributed by atoms with Crippen molar-refractivity contribution in [1.29, 1.82) is 0 Å². The van der Waals surface area contributed by atoms with Crippen LogP contribution < -0.4 is 4.72 Å². The number of aryl methyl sites for hydroxylation is 1. The van der Waals surface area contributed by atoms with E-state index in [0.717, 1.165) is 31.7 Å². The van der Waals surface area contributed by atoms with E-state index in [1.807, 2.05) is 0 Å². The lowest BCUT2D eigenvalue weighted by atomic mass is 9.85. The topological polar surface area (TPSA) is 72.5 Å². The smallest absolute Gasteiger partial charge is 0.323 e. The van der Waals surface area contributed by atoms with E-state index in [1.165, 1.54) is 25.7 Å². The molecule has 0 bridgehead atoms. The molecular weight excluding hydrogens is 333 g/mol. The number of carbonyl (C=O) groups is 1. The third-order valence-corrected chi connectivity index (χ3v) is 6.13. The zero-order valence-electron chi connectivity index (χ0n) is 14.0. The Kier molecular flexibility index (Phi) is 6.34. The van der Waals surface area contributed by atoms with Gasteiger partial charge in [0.05, 0.1) is 12.0 Å². The lowest BCUT2D eigenvalue weighted by molar-refractivity contribution is -0.143. The van der Waals surface area contributed by atoms with Gasteiger partial charge < -0.3 is 4.74 Å². The molecule has 0 aromatic heterocycles. The number of carbonyl (C=O) groups excluding carboxylic acids is 1. The Balaban J connectivity index is 2.20. The summed E-state index contributed by atoms with van der Waals surface area (Å²) in [6, 6.07) is 2.62. The van der Waals surface area contributed by atoms with Crippen LogP contribution in [0.25, 0.3) is 0 Å². The van der Waals surface area contributed by atoms with Gasteiger partial charge in [0, 0.05) is 0 Å². The maximum absolute atomic E-state index is 13.4. The third kappa shape index (κ3) is 4.77. The van der Waals surface area contributed by atoms with Gasteiger partial charge in [-0.3, -0.25) is 4.79 Å². The number of methoxy groups -OCH3 is 1. The molecule has 1 aromatic rings. The van der Waals surface area contributed by atoms with E-state index in [9.17, 15) is 17.6 Å². The van der Waals surface area contributed by atoms with Crippen LogP contribution in [-0.2, 0) is 19.6 Å². The summed E-state index contributed by atoms with van der Waals surface area (Å²) in [5.74, 6) is -0.958. The second kappa shape index (κ2) is 8.07. The second-order valence-corrected chi connectivity index (χ2v) is 8.03. The van der Waals surface area contributed by atoms with Crippen molar-refractivity contribution in [2.24, 2.45) is 5.92 Å². The monoisotopic (exact) mass is 357 g/mol. The highest BCUT2D eigenvalue weighted by Gasteiger charge is 2.30. The van der Waals surface area contributed by atoms with Crippen LogP contribution in [0.5, 0.6) is 0 Å². The summed E-state index contributed by atoms with van der Waals surface area (Å²) >= 11 is 0. The molecule has 2 rings (SSSR count). The second-order valence-electron chi connectivity index (χ2n) is 6.35. The number of nitrogens with one attached hydrogen (secondary N) is 1. The van der Waals surface area contributed by atoms with Crippen LogP contribution in [0, 0.1) is 18.7 Å². The molecule has 5 nitrogen and oxygen atoms in total. The summed E-state index contributed by atoms with van der Waals surface area (Å²) in [6.07, 6.45) is 5.72. The number of hydrogen-bond acceptors (Lipinski definition) is 4. The van der Waals surface area contributed by atoms with Gasteiger partial charge in [0.15, 0.2) is 0 Å². The molecule has 0 radical (unpaired) electrons. The highest BCUT2D eigenvalue weighted by Crippen LogP contribution is 2.28. The lowest BCUT2D eigenvalue weighted by Crippen LogP contribution is -2.43. The molecule has 0 amide bonds. The molecule has 24 heavy (non-hydrogen) atoms. The number of benzene rings is 1. The molecule has 1 aromatic carbocycles. The van der Waals surface area contributed by atoms with Crippen molar-refractivity contribution >= 4 is 16.0 Å². The van der Waals surface area contributed by atoms with Gasteiger partial charge in [0.25, 0.3) is 0 Å². The fourth-order valence-electron chi connectivity index (χ4n) is 3.21. The highest BCUT2D eigenvalue weighted by molar-refractivity contribution is 7.89. The summed E-state index contributed by atoms with van der Waals surface area (Å²) in [5, 5.41) is 0. The number of rotatable bonds is 6. The molecule has 1 N–H and O–H groups in total. The van der Waals surface area contributed by atoms with E-state index in [4.69, 9.17) is 4.74 Å². The van der Waals surface area contributed by atoms with E-state index in [0.29, 0.717) is 17.9 Å². The van der Waals surface area contributed by atoms with Crippen molar-refractivity contribution in [3.63, 3.8) is 0 Å². The van der Waals surface area contributed by atoms with Crippen molar-refractivity contribution in [2.75, 3.05) is 7.11 Å². The Bertz CT molecular complexity index is 684. The zero-order valence-corrected chi connectivity index (χ0v) is 14.9. The van der Waals surface area contributed by atoms with Gasteiger partial charge in [0.1, 0.15) is 11.9 Å². The Morgan fingerprint density at radius 1 is 1.33 bits per heavy atom. The summed E-state index contributed by atoms with van der Waals surface area (Å²) < 4.78 is 45.8. The summed E-state index contributed by atoms with van der Waals surface area (Å²) in [5.41, 5.74) is 0.421. The molecule has 1 aliphatic rings. The first-order valence-electron chi connectivity index (χ1n) is 8.20. The Labute approximate surface area is 142 Å². The summed E-state index contributed by atoms with van der Waals surface area (Å²) in [7, 11) is -2.78. The molecule has 0 saturated heterocycles. The maximum Gasteiger partial charge on any atom is 0.323 e. The first kappa shape index (κ1) is 18.9. The predicted molar refractivity (Wildman–Crippen MR) is 88.5 cm³/mol. The molecule has 1 unspecified atom stereocenters. The number of esters is 1. The molecule has 0 spiro atoms. The highest BCUT2D eigenvalue weighted by atomic mass is 32.2. The van der Waals surface area contributed by atoms with Crippen LogP contribution in [-0.4, -0.2) is 27.5 Å². The van der Waals surface area contributed by atoms with Gasteiger partial charge in [-0.1, -0.05) is 38.2 Å². The van der Waals surface area contributed by atoms with E-state index in [1.54, 1.807) is 6.92 Å². The van der Waals surface area contributed by atoms with Gasteiger partial charge >= 0.3 is 5.97 Å². The average molecular weight is 357 g/mol. The first-order valence-corrected chi connectivity index (χ1v) is 9.68. The van der Waals surface area contributed by atoms with Crippen LogP contribution in [0.15, 0.2) is 23.1 Å². The minimum Gasteiger partial charge on any atom is -0.468 e. The quantitative estimate of drug-likeness (QED) is 0.795. The summed E-state index contributed by atoms with van der Waals surface area (Å²) in [4.78, 5) is 11.9. The largest absolute Gasteiger partial charge is 0.468 e. The molecule has 1 atom stereocenters. The maximum atomic E-state index is 13.4. The van der Waals surface area contributed by atoms with Crippen LogP contribution in [0.4, 0.5) is 4.39 Å². The van der Waals surface area contributed by atoms with Crippen molar-refractivity contribution in [2.45, 2.75) is 56.4 Å². The SMILES string of the molecule is COC(=O)C(CC1CCCCC1)NS(=O)(=O)c1cc(F)ccc1C. The van der Waals surface area contributed by atoms with E-state index >= 15 is 0 Å². The van der Waals surface area contributed by atoms with Gasteiger partial charge in [-0.25, -0.2) is 12.8 Å². The van der Waals surface area contributed by atoms with Crippen LogP contribution in [0.1, 0.15) is 44.1 Å². The van der Waals surface area contributed by atoms with Gasteiger partial charge in [0.2, 0.25) is 10.0 Å². The van der Waals surface area contributed by atoms with Crippen LogP contribution in [0.2, 0.25) is 0 Å². The van der Waals surface area contributed by atoms with E-state index in [2.05, 4.69) is 4.72 Å².